The molecule has 0 spiro atoms. The summed E-state index contributed by atoms with van der Waals surface area (Å²) >= 11 is 0. The average molecular weight is 428 g/mol. The van der Waals surface area contributed by atoms with Gasteiger partial charge < -0.3 is 14.6 Å². The molecule has 0 unspecified atom stereocenters. The zero-order valence-corrected chi connectivity index (χ0v) is 19.3. The molecular weight excluding hydrogens is 398 g/mol. The van der Waals surface area contributed by atoms with Crippen LogP contribution in [0.2, 0.25) is 0 Å². The van der Waals surface area contributed by atoms with Crippen LogP contribution in [0.1, 0.15) is 44.0 Å². The fraction of sp³-hybridized carbons (Fsp3) is 0.259. The first kappa shape index (κ1) is 21.6. The van der Waals surface area contributed by atoms with Crippen molar-refractivity contribution in [2.75, 3.05) is 7.11 Å². The molecule has 5 nitrogen and oxygen atoms in total. The van der Waals surface area contributed by atoms with Gasteiger partial charge in [0.2, 0.25) is 0 Å². The van der Waals surface area contributed by atoms with Crippen molar-refractivity contribution < 1.29 is 9.53 Å². The van der Waals surface area contributed by atoms with Crippen molar-refractivity contribution in [3.63, 3.8) is 0 Å². The Balaban J connectivity index is 1.66. The summed E-state index contributed by atoms with van der Waals surface area (Å²) in [6, 6.07) is 17.5. The monoisotopic (exact) mass is 427 g/mol. The Labute approximate surface area is 189 Å². The van der Waals surface area contributed by atoms with Crippen LogP contribution in [0.25, 0.3) is 11.0 Å². The number of fused-ring (bicyclic) bond motifs is 1. The molecule has 0 aliphatic heterocycles. The number of methoxy groups -OCH3 is 1. The Morgan fingerprint density at radius 3 is 2.28 bits per heavy atom. The molecule has 5 heteroatoms. The zero-order valence-electron chi connectivity index (χ0n) is 19.3. The Hall–Kier alpha value is -3.60. The number of benzene rings is 3. The molecule has 164 valence electrons. The Morgan fingerprint density at radius 2 is 1.62 bits per heavy atom. The highest BCUT2D eigenvalue weighted by atomic mass is 16.5. The number of imidazole rings is 1. The molecule has 3 aromatic carbocycles. The van der Waals surface area contributed by atoms with Crippen molar-refractivity contribution in [1.29, 1.82) is 0 Å². The van der Waals surface area contributed by atoms with Gasteiger partial charge in [0.15, 0.2) is 0 Å². The van der Waals surface area contributed by atoms with Gasteiger partial charge in [-0.25, -0.2) is 4.98 Å². The molecule has 0 radical (unpaired) electrons. The van der Waals surface area contributed by atoms with Crippen molar-refractivity contribution >= 4 is 16.9 Å². The smallest absolute Gasteiger partial charge is 0.251 e. The first-order valence-electron chi connectivity index (χ1n) is 10.8. The fourth-order valence-corrected chi connectivity index (χ4v) is 4.13. The van der Waals surface area contributed by atoms with E-state index in [0.717, 1.165) is 22.6 Å². The zero-order chi connectivity index (χ0) is 22.8. The minimum Gasteiger partial charge on any atom is -0.497 e. The lowest BCUT2D eigenvalue weighted by Gasteiger charge is -2.18. The van der Waals surface area contributed by atoms with Gasteiger partial charge in [0.25, 0.3) is 5.91 Å². The third-order valence-electron chi connectivity index (χ3n) is 6.33. The topological polar surface area (TPSA) is 56.1 Å². The lowest BCUT2D eigenvalue weighted by Crippen LogP contribution is -2.25. The molecule has 0 saturated carbocycles. The van der Waals surface area contributed by atoms with Gasteiger partial charge in [-0.15, -0.1) is 0 Å². The molecule has 0 atom stereocenters. The first-order valence-corrected chi connectivity index (χ1v) is 10.8. The summed E-state index contributed by atoms with van der Waals surface area (Å²) in [4.78, 5) is 17.5. The van der Waals surface area contributed by atoms with Gasteiger partial charge in [0.1, 0.15) is 11.6 Å². The van der Waals surface area contributed by atoms with E-state index in [-0.39, 0.29) is 5.91 Å². The number of aromatic nitrogens is 2. The summed E-state index contributed by atoms with van der Waals surface area (Å²) in [5, 5.41) is 3.03. The number of amides is 1. The molecule has 0 bridgehead atoms. The SMILES string of the molecule is COc1ccc(C(=O)NCc2nc3ccccc3n2Cc2c(C)c(C)cc(C)c2C)cc1. The minimum atomic E-state index is -0.134. The number of hydrogen-bond acceptors (Lipinski definition) is 3. The van der Waals surface area contributed by atoms with Crippen LogP contribution in [0.15, 0.2) is 54.6 Å². The number of aryl methyl sites for hydroxylation is 2. The van der Waals surface area contributed by atoms with Crippen LogP contribution >= 0.6 is 0 Å². The quantitative estimate of drug-likeness (QED) is 0.457. The summed E-state index contributed by atoms with van der Waals surface area (Å²) in [5.41, 5.74) is 9.10. The van der Waals surface area contributed by atoms with Crippen molar-refractivity contribution in [2.45, 2.75) is 40.8 Å². The molecule has 1 heterocycles. The van der Waals surface area contributed by atoms with Gasteiger partial charge in [0.05, 0.1) is 24.7 Å². The predicted molar refractivity (Wildman–Crippen MR) is 128 cm³/mol. The molecule has 0 saturated heterocycles. The van der Waals surface area contributed by atoms with Gasteiger partial charge in [-0.2, -0.15) is 0 Å². The molecule has 0 aliphatic carbocycles. The Kier molecular flexibility index (Phi) is 5.99. The van der Waals surface area contributed by atoms with Crippen LogP contribution in [-0.2, 0) is 13.1 Å². The van der Waals surface area contributed by atoms with Crippen molar-refractivity contribution in [3.8, 4) is 5.75 Å². The van der Waals surface area contributed by atoms with Gasteiger partial charge in [-0.3, -0.25) is 4.79 Å². The highest BCUT2D eigenvalue weighted by molar-refractivity contribution is 5.94. The maximum Gasteiger partial charge on any atom is 0.251 e. The van der Waals surface area contributed by atoms with Crippen LogP contribution in [0.5, 0.6) is 5.75 Å². The van der Waals surface area contributed by atoms with Crippen LogP contribution < -0.4 is 10.1 Å². The van der Waals surface area contributed by atoms with Crippen molar-refractivity contribution in [1.82, 2.24) is 14.9 Å². The van der Waals surface area contributed by atoms with E-state index in [9.17, 15) is 4.79 Å². The third-order valence-corrected chi connectivity index (χ3v) is 6.33. The second-order valence-corrected chi connectivity index (χ2v) is 8.25. The van der Waals surface area contributed by atoms with E-state index in [4.69, 9.17) is 9.72 Å². The highest BCUT2D eigenvalue weighted by Crippen LogP contribution is 2.25. The molecule has 0 aliphatic rings. The number of nitrogens with one attached hydrogen (secondary N) is 1. The maximum absolute atomic E-state index is 12.7. The third kappa shape index (κ3) is 4.11. The van der Waals surface area contributed by atoms with Gasteiger partial charge in [-0.05, 0) is 91.9 Å². The number of para-hydroxylation sites is 2. The second-order valence-electron chi connectivity index (χ2n) is 8.25. The van der Waals surface area contributed by atoms with Gasteiger partial charge in [-0.1, -0.05) is 18.2 Å². The maximum atomic E-state index is 12.7. The Morgan fingerprint density at radius 1 is 0.969 bits per heavy atom. The van der Waals surface area contributed by atoms with Crippen molar-refractivity contribution in [2.24, 2.45) is 0 Å². The average Bonchev–Trinajstić information content (AvgIpc) is 3.16. The number of nitrogens with zero attached hydrogens (tertiary/aromatic N) is 2. The van der Waals surface area contributed by atoms with E-state index in [1.165, 1.54) is 27.8 Å². The van der Waals surface area contributed by atoms with E-state index in [1.807, 2.05) is 18.2 Å². The van der Waals surface area contributed by atoms with E-state index in [1.54, 1.807) is 31.4 Å². The molecule has 4 rings (SSSR count). The Bertz CT molecular complexity index is 1260. The van der Waals surface area contributed by atoms with E-state index < -0.39 is 0 Å². The molecule has 1 N–H and O–H groups in total. The highest BCUT2D eigenvalue weighted by Gasteiger charge is 2.16. The van der Waals surface area contributed by atoms with Gasteiger partial charge >= 0.3 is 0 Å². The second kappa shape index (κ2) is 8.87. The number of rotatable bonds is 6. The minimum absolute atomic E-state index is 0.134. The molecular formula is C27H29N3O2. The van der Waals surface area contributed by atoms with Crippen molar-refractivity contribution in [3.05, 3.63) is 93.8 Å². The lowest BCUT2D eigenvalue weighted by atomic mass is 9.94. The number of carbonyl (C=O) groups excluding carboxylic acids is 1. The summed E-state index contributed by atoms with van der Waals surface area (Å²) in [6.07, 6.45) is 0. The fourth-order valence-electron chi connectivity index (χ4n) is 4.13. The lowest BCUT2D eigenvalue weighted by molar-refractivity contribution is 0.0949. The van der Waals surface area contributed by atoms with Crippen LogP contribution in [0.3, 0.4) is 0 Å². The molecule has 4 aromatic rings. The van der Waals surface area contributed by atoms with Crippen LogP contribution in [0, 0.1) is 27.7 Å². The largest absolute Gasteiger partial charge is 0.497 e. The standard InChI is InChI=1S/C27H29N3O2/c1-17-14-18(2)20(4)23(19(17)3)16-30-25-9-7-6-8-24(25)29-26(30)15-28-27(31)21-10-12-22(32-5)13-11-21/h6-14H,15-16H2,1-5H3,(H,28,31). The molecule has 0 fully saturated rings. The van der Waals surface area contributed by atoms with E-state index >= 15 is 0 Å². The summed E-state index contributed by atoms with van der Waals surface area (Å²) in [6.45, 7) is 9.75. The van der Waals surface area contributed by atoms with Gasteiger partial charge in [0, 0.05) is 12.1 Å². The summed E-state index contributed by atoms with van der Waals surface area (Å²) in [5.74, 6) is 1.43. The van der Waals surface area contributed by atoms with Crippen LogP contribution in [0.4, 0.5) is 0 Å². The van der Waals surface area contributed by atoms with Crippen LogP contribution in [-0.4, -0.2) is 22.6 Å². The number of ether oxygens (including phenoxy) is 1. The number of hydrogen-bond donors (Lipinski definition) is 1. The predicted octanol–water partition coefficient (Wildman–Crippen LogP) is 5.26. The van der Waals surface area contributed by atoms with E-state index in [0.29, 0.717) is 18.7 Å². The normalized spacial score (nSPS) is 11.0. The molecule has 32 heavy (non-hydrogen) atoms. The number of carbonyl (C=O) groups is 1. The summed E-state index contributed by atoms with van der Waals surface area (Å²) < 4.78 is 7.40. The summed E-state index contributed by atoms with van der Waals surface area (Å²) in [7, 11) is 1.61. The first-order chi connectivity index (χ1) is 15.4. The molecule has 1 aromatic heterocycles. The van der Waals surface area contributed by atoms with E-state index in [2.05, 4.69) is 49.7 Å². The molecule has 1 amide bonds.